The van der Waals surface area contributed by atoms with E-state index in [0.29, 0.717) is 25.7 Å². The fourth-order valence-corrected chi connectivity index (χ4v) is 7.10. The van der Waals surface area contributed by atoms with Crippen molar-refractivity contribution in [2.45, 2.75) is 245 Å². The van der Waals surface area contributed by atoms with E-state index in [2.05, 4.69) is 130 Å². The van der Waals surface area contributed by atoms with E-state index in [0.717, 1.165) is 116 Å². The molecule has 67 heavy (non-hydrogen) atoms. The molecule has 0 rings (SSSR count). The van der Waals surface area contributed by atoms with E-state index in [1.807, 2.05) is 0 Å². The van der Waals surface area contributed by atoms with Gasteiger partial charge in [0.1, 0.15) is 13.2 Å². The third-order valence-corrected chi connectivity index (χ3v) is 11.2. The van der Waals surface area contributed by atoms with Gasteiger partial charge in [0.2, 0.25) is 0 Å². The van der Waals surface area contributed by atoms with E-state index in [1.165, 1.54) is 77.0 Å². The second-order valence-corrected chi connectivity index (χ2v) is 17.7. The first-order valence-electron chi connectivity index (χ1n) is 27.4. The second kappa shape index (κ2) is 54.7. The van der Waals surface area contributed by atoms with Crippen LogP contribution in [0.2, 0.25) is 0 Å². The summed E-state index contributed by atoms with van der Waals surface area (Å²) in [6.07, 6.45) is 73.6. The molecule has 0 aliphatic rings. The molecule has 6 nitrogen and oxygen atoms in total. The maximum Gasteiger partial charge on any atom is 0.306 e. The predicted molar refractivity (Wildman–Crippen MR) is 288 cm³/mol. The minimum atomic E-state index is -0.805. The topological polar surface area (TPSA) is 78.9 Å². The maximum atomic E-state index is 12.8. The summed E-state index contributed by atoms with van der Waals surface area (Å²) in [7, 11) is 0. The summed E-state index contributed by atoms with van der Waals surface area (Å²) in [6, 6.07) is 0. The number of carbonyl (C=O) groups is 3. The number of hydrogen-bond donors (Lipinski definition) is 0. The molecule has 0 heterocycles. The molecule has 0 aliphatic heterocycles. The SMILES string of the molecule is CC/C=C\C/C=C\C/C=C\C/C=C\C/C=C\C/C=C\CCCCC(=O)OCC(COC(=O)CCCCCCC/C=C\CCCC)OC(=O)CCCCCCCCC/C=C\C/C=C\CCCCC. The van der Waals surface area contributed by atoms with Crippen molar-refractivity contribution in [2.24, 2.45) is 0 Å². The van der Waals surface area contributed by atoms with E-state index in [4.69, 9.17) is 14.2 Å². The molecule has 0 aliphatic carbocycles. The fraction of sp³-hybridized carbons (Fsp3) is 0.656. The van der Waals surface area contributed by atoms with Crippen LogP contribution in [0.15, 0.2) is 109 Å². The molecule has 0 spiro atoms. The lowest BCUT2D eigenvalue weighted by molar-refractivity contribution is -0.167. The van der Waals surface area contributed by atoms with Crippen molar-refractivity contribution in [3.63, 3.8) is 0 Å². The molecule has 0 amide bonds. The van der Waals surface area contributed by atoms with E-state index in [9.17, 15) is 14.4 Å². The van der Waals surface area contributed by atoms with Crippen molar-refractivity contribution < 1.29 is 28.6 Å². The molecule has 0 N–H and O–H groups in total. The number of rotatable bonds is 48. The average Bonchev–Trinajstić information content (AvgIpc) is 3.33. The number of allylic oxidation sites excluding steroid dienone is 18. The lowest BCUT2D eigenvalue weighted by Gasteiger charge is -2.18. The van der Waals surface area contributed by atoms with Crippen molar-refractivity contribution in [1.82, 2.24) is 0 Å². The Kier molecular flexibility index (Phi) is 51.5. The Morgan fingerprint density at radius 1 is 0.313 bits per heavy atom. The second-order valence-electron chi connectivity index (χ2n) is 17.7. The lowest BCUT2D eigenvalue weighted by atomic mass is 10.1. The van der Waals surface area contributed by atoms with Crippen LogP contribution in [0.5, 0.6) is 0 Å². The van der Waals surface area contributed by atoms with Gasteiger partial charge in [0.15, 0.2) is 6.10 Å². The molecule has 1 unspecified atom stereocenters. The van der Waals surface area contributed by atoms with Gasteiger partial charge in [-0.05, 0) is 122 Å². The van der Waals surface area contributed by atoms with E-state index >= 15 is 0 Å². The number of esters is 3. The highest BCUT2D eigenvalue weighted by Gasteiger charge is 2.19. The number of ether oxygens (including phenoxy) is 3. The Balaban J connectivity index is 4.46. The average molecular weight is 929 g/mol. The number of unbranched alkanes of at least 4 members (excludes halogenated alkanes) is 19. The van der Waals surface area contributed by atoms with Crippen molar-refractivity contribution in [1.29, 1.82) is 0 Å². The van der Waals surface area contributed by atoms with Crippen LogP contribution in [0.4, 0.5) is 0 Å². The zero-order valence-corrected chi connectivity index (χ0v) is 43.4. The van der Waals surface area contributed by atoms with Gasteiger partial charge in [-0.25, -0.2) is 0 Å². The summed E-state index contributed by atoms with van der Waals surface area (Å²) in [6.45, 7) is 6.40. The highest BCUT2D eigenvalue weighted by molar-refractivity contribution is 5.71. The first kappa shape index (κ1) is 63.1. The first-order chi connectivity index (χ1) is 33.0. The minimum Gasteiger partial charge on any atom is -0.462 e. The molecule has 0 bridgehead atoms. The van der Waals surface area contributed by atoms with Crippen molar-refractivity contribution in [3.05, 3.63) is 109 Å². The van der Waals surface area contributed by atoms with Crippen LogP contribution in [0.25, 0.3) is 0 Å². The molecule has 1 atom stereocenters. The molecule has 0 fully saturated rings. The Morgan fingerprint density at radius 3 is 1.00 bits per heavy atom. The summed E-state index contributed by atoms with van der Waals surface area (Å²) < 4.78 is 16.8. The molecule has 0 saturated carbocycles. The third kappa shape index (κ3) is 52.9. The van der Waals surface area contributed by atoms with Crippen molar-refractivity contribution >= 4 is 17.9 Å². The summed E-state index contributed by atoms with van der Waals surface area (Å²) in [4.78, 5) is 38.0. The van der Waals surface area contributed by atoms with Gasteiger partial charge in [0, 0.05) is 19.3 Å². The van der Waals surface area contributed by atoms with Crippen LogP contribution in [-0.2, 0) is 28.6 Å². The van der Waals surface area contributed by atoms with Gasteiger partial charge in [-0.1, -0.05) is 207 Å². The highest BCUT2D eigenvalue weighted by Crippen LogP contribution is 2.13. The van der Waals surface area contributed by atoms with Crippen LogP contribution in [0.3, 0.4) is 0 Å². The fourth-order valence-electron chi connectivity index (χ4n) is 7.10. The van der Waals surface area contributed by atoms with Crippen LogP contribution in [-0.4, -0.2) is 37.2 Å². The van der Waals surface area contributed by atoms with Gasteiger partial charge >= 0.3 is 17.9 Å². The van der Waals surface area contributed by atoms with Crippen molar-refractivity contribution in [2.75, 3.05) is 13.2 Å². The van der Waals surface area contributed by atoms with Gasteiger partial charge in [-0.3, -0.25) is 14.4 Å². The van der Waals surface area contributed by atoms with Gasteiger partial charge in [0.05, 0.1) is 0 Å². The summed E-state index contributed by atoms with van der Waals surface area (Å²) in [5.41, 5.74) is 0. The summed E-state index contributed by atoms with van der Waals surface area (Å²) >= 11 is 0. The molecule has 380 valence electrons. The Morgan fingerprint density at radius 2 is 0.597 bits per heavy atom. The molecule has 0 aromatic carbocycles. The van der Waals surface area contributed by atoms with Gasteiger partial charge in [0.25, 0.3) is 0 Å². The molecular weight excluding hydrogens is 829 g/mol. The normalized spacial score (nSPS) is 12.9. The van der Waals surface area contributed by atoms with E-state index in [-0.39, 0.29) is 31.1 Å². The Bertz CT molecular complexity index is 1390. The zero-order valence-electron chi connectivity index (χ0n) is 43.4. The smallest absolute Gasteiger partial charge is 0.306 e. The lowest BCUT2D eigenvalue weighted by Crippen LogP contribution is -2.30. The van der Waals surface area contributed by atoms with E-state index in [1.54, 1.807) is 0 Å². The first-order valence-corrected chi connectivity index (χ1v) is 27.4. The standard InChI is InChI=1S/C61H100O6/c1-4-7-10-13-16-19-22-24-26-28-29-30-31-33-34-36-39-42-45-48-51-54-60(63)66-57-58(56-65-59(62)53-50-47-44-41-38-21-18-15-12-9-6-3)67-61(64)55-52-49-46-43-40-37-35-32-27-25-23-20-17-14-11-8-5-2/h7,10,15-20,24-27,29-30,33-34,39,42,58H,4-6,8-9,11-14,21-23,28,31-32,35-38,40-41,43-57H2,1-3H3/b10-7-,18-15-,19-16-,20-17-,26-24-,27-25-,30-29-,34-33-,42-39-. The summed E-state index contributed by atoms with van der Waals surface area (Å²) in [5, 5.41) is 0. The minimum absolute atomic E-state index is 0.101. The molecular formula is C61H100O6. The van der Waals surface area contributed by atoms with Crippen molar-refractivity contribution in [3.8, 4) is 0 Å². The molecule has 0 aromatic heterocycles. The van der Waals surface area contributed by atoms with Crippen LogP contribution in [0.1, 0.15) is 239 Å². The zero-order chi connectivity index (χ0) is 48.6. The summed E-state index contributed by atoms with van der Waals surface area (Å²) in [5.74, 6) is -0.967. The predicted octanol–water partition coefficient (Wildman–Crippen LogP) is 18.3. The largest absolute Gasteiger partial charge is 0.462 e. The Labute approximate surface area is 412 Å². The number of hydrogen-bond acceptors (Lipinski definition) is 6. The van der Waals surface area contributed by atoms with Crippen LogP contribution < -0.4 is 0 Å². The quantitative estimate of drug-likeness (QED) is 0.0262. The van der Waals surface area contributed by atoms with E-state index < -0.39 is 6.10 Å². The Hall–Kier alpha value is -3.93. The maximum absolute atomic E-state index is 12.8. The highest BCUT2D eigenvalue weighted by atomic mass is 16.6. The number of carbonyl (C=O) groups excluding carboxylic acids is 3. The van der Waals surface area contributed by atoms with Crippen LogP contribution >= 0.6 is 0 Å². The van der Waals surface area contributed by atoms with Gasteiger partial charge in [-0.2, -0.15) is 0 Å². The molecule has 0 saturated heterocycles. The molecule has 6 heteroatoms. The molecule has 0 aromatic rings. The van der Waals surface area contributed by atoms with Crippen LogP contribution in [0, 0.1) is 0 Å². The monoisotopic (exact) mass is 929 g/mol. The van der Waals surface area contributed by atoms with Gasteiger partial charge < -0.3 is 14.2 Å². The third-order valence-electron chi connectivity index (χ3n) is 11.2. The molecule has 0 radical (unpaired) electrons. The van der Waals surface area contributed by atoms with Gasteiger partial charge in [-0.15, -0.1) is 0 Å².